The minimum absolute atomic E-state index is 0.0234. The van der Waals surface area contributed by atoms with E-state index in [1.807, 2.05) is 25.2 Å². The molecular weight excluding hydrogens is 717 g/mol. The number of hydrogen-bond donors (Lipinski definition) is 4. The van der Waals surface area contributed by atoms with E-state index in [-0.39, 0.29) is 34.7 Å². The lowest BCUT2D eigenvalue weighted by Crippen LogP contribution is -2.57. The molecule has 1 aliphatic carbocycles. The largest absolute Gasteiger partial charge is 0.478 e. The number of nitrogens with one attached hydrogen (secondary N) is 3. The van der Waals surface area contributed by atoms with Crippen LogP contribution < -0.4 is 16.0 Å². The second-order valence-electron chi connectivity index (χ2n) is 14.2. The van der Waals surface area contributed by atoms with Gasteiger partial charge in [0.2, 0.25) is 0 Å². The molecular formula is C40H45F2N5O4S2. The molecule has 1 fully saturated rings. The molecule has 4 aromatic rings. The molecule has 3 aromatic carbocycles. The first-order valence-electron chi connectivity index (χ1n) is 17.9. The summed E-state index contributed by atoms with van der Waals surface area (Å²) in [4.78, 5) is 42.2. The quantitative estimate of drug-likeness (QED) is 0.0814. The van der Waals surface area contributed by atoms with Gasteiger partial charge in [-0.3, -0.25) is 14.5 Å². The average Bonchev–Trinajstić information content (AvgIpc) is 3.49. The number of fused-ring (bicyclic) bond motifs is 1. The fourth-order valence-electron chi connectivity index (χ4n) is 7.00. The Hall–Kier alpha value is -4.14. The van der Waals surface area contributed by atoms with Crippen molar-refractivity contribution < 1.29 is 28.3 Å². The number of amides is 2. The fourth-order valence-corrected chi connectivity index (χ4v) is 9.21. The number of hydrogen-bond acceptors (Lipinski definition) is 8. The maximum atomic E-state index is 15.2. The first-order valence-corrected chi connectivity index (χ1v) is 19.6. The number of piperazine rings is 1. The van der Waals surface area contributed by atoms with E-state index >= 15 is 8.78 Å². The minimum Gasteiger partial charge on any atom is -0.478 e. The highest BCUT2D eigenvalue weighted by Gasteiger charge is 2.34. The Balaban J connectivity index is 1.15. The van der Waals surface area contributed by atoms with Gasteiger partial charge in [-0.1, -0.05) is 36.2 Å². The highest BCUT2D eigenvalue weighted by atomic mass is 32.2. The summed E-state index contributed by atoms with van der Waals surface area (Å²) in [5, 5.41) is 18.4. The molecule has 0 radical (unpaired) electrons. The molecule has 0 unspecified atom stereocenters. The van der Waals surface area contributed by atoms with E-state index in [4.69, 9.17) is 5.11 Å². The van der Waals surface area contributed by atoms with Crippen LogP contribution in [0.1, 0.15) is 84.9 Å². The molecule has 4 N–H and O–H groups in total. The lowest BCUT2D eigenvalue weighted by Gasteiger charge is -2.46. The van der Waals surface area contributed by atoms with Gasteiger partial charge in [-0.25, -0.2) is 17.9 Å². The molecule has 1 saturated heterocycles. The highest BCUT2D eigenvalue weighted by Crippen LogP contribution is 2.39. The average molecular weight is 762 g/mol. The molecule has 13 heteroatoms. The van der Waals surface area contributed by atoms with E-state index in [2.05, 4.69) is 39.0 Å². The SMILES string of the molecule is CNCSN1CCN(Cc2cccc(C(=O)Nc3sc4c(c3C(=O)Nc3cc(F)c(CCc5ccc(C(=O)O)cc5)c(F)c3)CCCC4)c2)C(C)(C)C1. The number of rotatable bonds is 13. The van der Waals surface area contributed by atoms with Gasteiger partial charge in [0.25, 0.3) is 11.8 Å². The van der Waals surface area contributed by atoms with Crippen molar-refractivity contribution in [1.29, 1.82) is 0 Å². The van der Waals surface area contributed by atoms with E-state index in [0.717, 1.165) is 78.5 Å². The van der Waals surface area contributed by atoms with E-state index < -0.39 is 23.5 Å². The number of aromatic carboxylic acids is 1. The Morgan fingerprint density at radius 2 is 1.62 bits per heavy atom. The number of carbonyl (C=O) groups excluding carboxylic acids is 2. The molecule has 2 aliphatic rings. The normalized spacial score (nSPS) is 15.9. The Kier molecular flexibility index (Phi) is 12.3. The maximum absolute atomic E-state index is 15.2. The van der Waals surface area contributed by atoms with Crippen LogP contribution in [0.5, 0.6) is 0 Å². The number of benzene rings is 3. The molecule has 0 atom stereocenters. The van der Waals surface area contributed by atoms with Crippen LogP contribution in [0.2, 0.25) is 0 Å². The molecule has 2 amide bonds. The van der Waals surface area contributed by atoms with Crippen molar-refractivity contribution in [3.63, 3.8) is 0 Å². The van der Waals surface area contributed by atoms with Gasteiger partial charge in [-0.05, 0) is 113 Å². The number of thiophene rings is 1. The summed E-state index contributed by atoms with van der Waals surface area (Å²) in [7, 11) is 1.95. The summed E-state index contributed by atoms with van der Waals surface area (Å²) >= 11 is 3.19. The standard InChI is InChI=1S/C40H45F2N5O4S2/c1-40(2)23-47(52-24-43-3)18-17-46(40)22-26-7-6-8-28(19-26)36(48)45-38-35(31-9-4-5-10-34(31)53-38)37(49)44-29-20-32(41)30(33(42)21-29)16-13-25-11-14-27(15-12-25)39(50)51/h6-8,11-12,14-15,19-21,43H,4-5,9-10,13,16-18,22-24H2,1-3H3,(H,44,49)(H,45,48)(H,50,51). The van der Waals surface area contributed by atoms with Crippen LogP contribution in [0.25, 0.3) is 0 Å². The Labute approximate surface area is 317 Å². The molecule has 0 bridgehead atoms. The van der Waals surface area contributed by atoms with Gasteiger partial charge in [0.05, 0.1) is 17.0 Å². The molecule has 53 heavy (non-hydrogen) atoms. The third-order valence-corrected chi connectivity index (χ3v) is 12.2. The Bertz CT molecular complexity index is 1960. The molecule has 9 nitrogen and oxygen atoms in total. The summed E-state index contributed by atoms with van der Waals surface area (Å²) in [6.07, 6.45) is 3.69. The highest BCUT2D eigenvalue weighted by molar-refractivity contribution is 7.96. The monoisotopic (exact) mass is 761 g/mol. The van der Waals surface area contributed by atoms with Crippen LogP contribution in [0.15, 0.2) is 60.7 Å². The van der Waals surface area contributed by atoms with Crippen molar-refractivity contribution in [2.24, 2.45) is 0 Å². The summed E-state index contributed by atoms with van der Waals surface area (Å²) in [5.74, 6) is -2.62. The second-order valence-corrected chi connectivity index (χ2v) is 16.3. The zero-order valence-electron chi connectivity index (χ0n) is 30.2. The van der Waals surface area contributed by atoms with Gasteiger partial charge < -0.3 is 21.1 Å². The van der Waals surface area contributed by atoms with Crippen LogP contribution >= 0.6 is 23.3 Å². The van der Waals surface area contributed by atoms with Gasteiger partial charge >= 0.3 is 5.97 Å². The summed E-state index contributed by atoms with van der Waals surface area (Å²) in [6, 6.07) is 15.9. The maximum Gasteiger partial charge on any atom is 0.335 e. The lowest BCUT2D eigenvalue weighted by molar-refractivity contribution is 0.0512. The second kappa shape index (κ2) is 16.9. The number of aryl methyl sites for hydroxylation is 2. The predicted octanol–water partition coefficient (Wildman–Crippen LogP) is 7.61. The first kappa shape index (κ1) is 38.6. The first-order chi connectivity index (χ1) is 25.4. The van der Waals surface area contributed by atoms with E-state index in [9.17, 15) is 14.4 Å². The van der Waals surface area contributed by atoms with Crippen LogP contribution in [0.3, 0.4) is 0 Å². The zero-order chi connectivity index (χ0) is 37.7. The van der Waals surface area contributed by atoms with Crippen LogP contribution in [-0.2, 0) is 32.2 Å². The van der Waals surface area contributed by atoms with Gasteiger partial charge in [0.1, 0.15) is 16.6 Å². The van der Waals surface area contributed by atoms with E-state index in [0.29, 0.717) is 35.5 Å². The van der Waals surface area contributed by atoms with Gasteiger partial charge in [-0.2, -0.15) is 0 Å². The van der Waals surface area contributed by atoms with Crippen molar-refractivity contribution in [2.45, 2.75) is 64.5 Å². The topological polar surface area (TPSA) is 114 Å². The summed E-state index contributed by atoms with van der Waals surface area (Å²) < 4.78 is 32.9. The van der Waals surface area contributed by atoms with Crippen molar-refractivity contribution in [2.75, 3.05) is 43.2 Å². The molecule has 1 aromatic heterocycles. The van der Waals surface area contributed by atoms with Crippen molar-refractivity contribution in [3.8, 4) is 0 Å². The molecule has 0 spiro atoms. The molecule has 1 aliphatic heterocycles. The van der Waals surface area contributed by atoms with Crippen LogP contribution in [0, 0.1) is 11.6 Å². The van der Waals surface area contributed by atoms with Gasteiger partial charge in [0, 0.05) is 53.4 Å². The summed E-state index contributed by atoms with van der Waals surface area (Å²) in [5.41, 5.74) is 3.38. The lowest BCUT2D eigenvalue weighted by atomic mass is 9.95. The minimum atomic E-state index is -1.05. The van der Waals surface area contributed by atoms with Crippen molar-refractivity contribution in [1.82, 2.24) is 14.5 Å². The number of anilines is 2. The number of carbonyl (C=O) groups is 3. The Morgan fingerprint density at radius 3 is 2.32 bits per heavy atom. The van der Waals surface area contributed by atoms with Gasteiger partial charge in [-0.15, -0.1) is 11.3 Å². The van der Waals surface area contributed by atoms with Crippen LogP contribution in [-0.4, -0.2) is 70.2 Å². The Morgan fingerprint density at radius 1 is 0.887 bits per heavy atom. The van der Waals surface area contributed by atoms with E-state index in [1.54, 1.807) is 30.1 Å². The smallest absolute Gasteiger partial charge is 0.335 e. The number of carboxylic acid groups (broad SMARTS) is 1. The number of nitrogens with zero attached hydrogens (tertiary/aromatic N) is 2. The fraction of sp³-hybridized carbons (Fsp3) is 0.375. The zero-order valence-corrected chi connectivity index (χ0v) is 31.8. The third kappa shape index (κ3) is 9.33. The number of carboxylic acids is 1. The van der Waals surface area contributed by atoms with Crippen molar-refractivity contribution >= 4 is 51.8 Å². The predicted molar refractivity (Wildman–Crippen MR) is 208 cm³/mol. The molecule has 0 saturated carbocycles. The van der Waals surface area contributed by atoms with E-state index in [1.165, 1.54) is 23.5 Å². The number of halogens is 2. The van der Waals surface area contributed by atoms with Crippen LogP contribution in [0.4, 0.5) is 19.5 Å². The third-order valence-electron chi connectivity index (χ3n) is 9.88. The molecule has 280 valence electrons. The van der Waals surface area contributed by atoms with Gasteiger partial charge in [0.15, 0.2) is 0 Å². The van der Waals surface area contributed by atoms with Crippen molar-refractivity contribution in [3.05, 3.63) is 116 Å². The molecule has 6 rings (SSSR count). The summed E-state index contributed by atoms with van der Waals surface area (Å²) in [6.45, 7) is 7.95. The molecule has 2 heterocycles.